The first-order valence-electron chi connectivity index (χ1n) is 11.0. The van der Waals surface area contributed by atoms with Gasteiger partial charge in [-0.25, -0.2) is 19.1 Å². The van der Waals surface area contributed by atoms with Crippen molar-refractivity contribution < 1.29 is 23.9 Å². The topological polar surface area (TPSA) is 77.8 Å². The summed E-state index contributed by atoms with van der Waals surface area (Å²) in [5.41, 5.74) is -0.315. The minimum Gasteiger partial charge on any atom is -0.443 e. The van der Waals surface area contributed by atoms with Gasteiger partial charge in [-0.1, -0.05) is 45.7 Å². The van der Waals surface area contributed by atoms with Crippen molar-refractivity contribution in [3.63, 3.8) is 0 Å². The molecule has 0 N–H and O–H groups in total. The van der Waals surface area contributed by atoms with E-state index < -0.39 is 29.3 Å². The largest absolute Gasteiger partial charge is 0.443 e. The van der Waals surface area contributed by atoms with Crippen LogP contribution in [0.5, 0.6) is 0 Å². The van der Waals surface area contributed by atoms with Gasteiger partial charge >= 0.3 is 12.2 Å². The number of halogens is 2. The summed E-state index contributed by atoms with van der Waals surface area (Å²) in [7, 11) is 0. The van der Waals surface area contributed by atoms with E-state index in [2.05, 4.69) is 15.9 Å². The summed E-state index contributed by atoms with van der Waals surface area (Å²) in [6.45, 7) is 10.4. The molecule has 0 aliphatic carbocycles. The van der Waals surface area contributed by atoms with Crippen LogP contribution in [0.15, 0.2) is 53.0 Å². The number of anilines is 1. The van der Waals surface area contributed by atoms with Crippen LogP contribution in [0, 0.1) is 0 Å². The number of nitrogens with zero attached hydrogens (tertiary/aromatic N) is 2. The van der Waals surface area contributed by atoms with Gasteiger partial charge in [0.1, 0.15) is 16.4 Å². The normalized spacial score (nSPS) is 11.9. The first-order chi connectivity index (χ1) is 16.2. The molecule has 0 saturated carbocycles. The molecular weight excluding hydrogens is 536 g/mol. The second kappa shape index (κ2) is 10.0. The van der Waals surface area contributed by atoms with E-state index in [1.807, 2.05) is 0 Å². The fraction of sp³-hybridized carbons (Fsp3) is 0.346. The molecule has 2 aromatic carbocycles. The minimum absolute atomic E-state index is 0.0397. The van der Waals surface area contributed by atoms with E-state index in [-0.39, 0.29) is 11.6 Å². The quantitative estimate of drug-likeness (QED) is 0.333. The fourth-order valence-corrected chi connectivity index (χ4v) is 4.11. The third-order valence-electron chi connectivity index (χ3n) is 4.71. The summed E-state index contributed by atoms with van der Waals surface area (Å²) in [6, 6.07) is 13.8. The van der Waals surface area contributed by atoms with E-state index in [4.69, 9.17) is 21.1 Å². The lowest BCUT2D eigenvalue weighted by Crippen LogP contribution is -2.41. The molecule has 0 bridgehead atoms. The van der Waals surface area contributed by atoms with Crippen LogP contribution in [-0.4, -0.2) is 33.9 Å². The van der Waals surface area contributed by atoms with Crippen molar-refractivity contribution in [3.05, 3.63) is 63.7 Å². The van der Waals surface area contributed by atoms with Gasteiger partial charge in [0.05, 0.1) is 17.6 Å². The lowest BCUT2D eigenvalue weighted by molar-refractivity contribution is -0.117. The van der Waals surface area contributed by atoms with Gasteiger partial charge in [-0.15, -0.1) is 0 Å². The highest BCUT2D eigenvalue weighted by Crippen LogP contribution is 2.34. The molecule has 2 amide bonds. The number of fused-ring (bicyclic) bond motifs is 1. The van der Waals surface area contributed by atoms with Crippen LogP contribution in [0.2, 0.25) is 5.15 Å². The SMILES string of the molecule is CC(C)(C)OC(=O)N(C(=O)Cc1c(Cl)n(C(=O)OC(C)(C)C)c2ccc(Br)cc12)c1ccccc1. The number of benzene rings is 2. The third-order valence-corrected chi connectivity index (χ3v) is 5.60. The fourth-order valence-electron chi connectivity index (χ4n) is 3.42. The highest BCUT2D eigenvalue weighted by Gasteiger charge is 2.32. The van der Waals surface area contributed by atoms with Crippen LogP contribution in [-0.2, 0) is 20.7 Å². The summed E-state index contributed by atoms with van der Waals surface area (Å²) in [5.74, 6) is -0.560. The van der Waals surface area contributed by atoms with Crippen LogP contribution in [0.3, 0.4) is 0 Å². The van der Waals surface area contributed by atoms with Crippen molar-refractivity contribution >= 4 is 62.2 Å². The zero-order chi connectivity index (χ0) is 26.1. The molecule has 3 aromatic rings. The molecular formula is C26H28BrClN2O5. The number of carbonyl (C=O) groups is 3. The van der Waals surface area contributed by atoms with Crippen LogP contribution in [0.25, 0.3) is 10.9 Å². The molecule has 0 aliphatic heterocycles. The summed E-state index contributed by atoms with van der Waals surface area (Å²) < 4.78 is 13.0. The van der Waals surface area contributed by atoms with Crippen molar-refractivity contribution in [2.75, 3.05) is 4.90 Å². The van der Waals surface area contributed by atoms with E-state index in [1.165, 1.54) is 4.57 Å². The average molecular weight is 564 g/mol. The Balaban J connectivity index is 2.08. The molecule has 1 heterocycles. The lowest BCUT2D eigenvalue weighted by Gasteiger charge is -2.26. The number of amides is 2. The first-order valence-corrected chi connectivity index (χ1v) is 12.2. The molecule has 0 atom stereocenters. The number of rotatable bonds is 3. The Bertz CT molecular complexity index is 1270. The molecule has 0 fully saturated rings. The standard InChI is InChI=1S/C26H28BrClN2O5/c1-25(2,3)34-23(32)29(17-10-8-7-9-11-17)21(31)15-19-18-14-16(27)12-13-20(18)30(22(19)28)24(33)35-26(4,5)6/h7-14H,15H2,1-6H3. The van der Waals surface area contributed by atoms with Gasteiger partial charge in [0.15, 0.2) is 0 Å². The zero-order valence-electron chi connectivity index (χ0n) is 20.5. The van der Waals surface area contributed by atoms with Gasteiger partial charge in [-0.2, -0.15) is 0 Å². The predicted octanol–water partition coefficient (Wildman–Crippen LogP) is 7.35. The van der Waals surface area contributed by atoms with Crippen molar-refractivity contribution in [2.45, 2.75) is 59.2 Å². The number of hydrogen-bond donors (Lipinski definition) is 0. The summed E-state index contributed by atoms with van der Waals surface area (Å²) in [5, 5.41) is 0.624. The Morgan fingerprint density at radius 2 is 1.54 bits per heavy atom. The molecule has 0 aliphatic rings. The molecule has 7 nitrogen and oxygen atoms in total. The maximum absolute atomic E-state index is 13.6. The summed E-state index contributed by atoms with van der Waals surface area (Å²) in [6.07, 6.45) is -1.72. The monoisotopic (exact) mass is 562 g/mol. The maximum atomic E-state index is 13.6. The van der Waals surface area contributed by atoms with Gasteiger partial charge in [0.2, 0.25) is 5.91 Å². The number of para-hydroxylation sites is 1. The lowest BCUT2D eigenvalue weighted by atomic mass is 10.1. The Morgan fingerprint density at radius 3 is 2.11 bits per heavy atom. The predicted molar refractivity (Wildman–Crippen MR) is 140 cm³/mol. The van der Waals surface area contributed by atoms with Crippen LogP contribution >= 0.6 is 27.5 Å². The van der Waals surface area contributed by atoms with E-state index >= 15 is 0 Å². The highest BCUT2D eigenvalue weighted by molar-refractivity contribution is 9.10. The average Bonchev–Trinajstić information content (AvgIpc) is 2.97. The van der Waals surface area contributed by atoms with Gasteiger partial charge in [-0.05, 0) is 71.9 Å². The Kier molecular flexibility index (Phi) is 7.67. The second-order valence-electron chi connectivity index (χ2n) is 9.97. The van der Waals surface area contributed by atoms with Crippen molar-refractivity contribution in [3.8, 4) is 0 Å². The highest BCUT2D eigenvalue weighted by atomic mass is 79.9. The molecule has 0 spiro atoms. The number of hydrogen-bond acceptors (Lipinski definition) is 5. The number of aromatic nitrogens is 1. The summed E-state index contributed by atoms with van der Waals surface area (Å²) in [4.78, 5) is 40.5. The molecule has 0 saturated heterocycles. The van der Waals surface area contributed by atoms with E-state index in [0.717, 1.165) is 9.37 Å². The zero-order valence-corrected chi connectivity index (χ0v) is 22.9. The maximum Gasteiger partial charge on any atom is 0.421 e. The molecule has 0 radical (unpaired) electrons. The number of ether oxygens (including phenoxy) is 2. The molecule has 3 rings (SSSR count). The van der Waals surface area contributed by atoms with Crippen molar-refractivity contribution in [2.24, 2.45) is 0 Å². The van der Waals surface area contributed by atoms with Crippen LogP contribution in [0.1, 0.15) is 47.1 Å². The molecule has 1 aromatic heterocycles. The van der Waals surface area contributed by atoms with E-state index in [1.54, 1.807) is 90.1 Å². The number of carbonyl (C=O) groups excluding carboxylic acids is 3. The molecule has 186 valence electrons. The van der Waals surface area contributed by atoms with E-state index in [9.17, 15) is 14.4 Å². The van der Waals surface area contributed by atoms with E-state index in [0.29, 0.717) is 22.2 Å². The van der Waals surface area contributed by atoms with Crippen LogP contribution in [0.4, 0.5) is 15.3 Å². The second-order valence-corrected chi connectivity index (χ2v) is 11.2. The summed E-state index contributed by atoms with van der Waals surface area (Å²) >= 11 is 10.1. The Labute approximate surface area is 218 Å². The molecule has 35 heavy (non-hydrogen) atoms. The molecule has 9 heteroatoms. The third kappa shape index (κ3) is 6.44. The van der Waals surface area contributed by atoms with Gasteiger partial charge in [-0.3, -0.25) is 4.79 Å². The molecule has 0 unspecified atom stereocenters. The minimum atomic E-state index is -0.806. The van der Waals surface area contributed by atoms with Crippen LogP contribution < -0.4 is 4.90 Å². The number of imide groups is 1. The smallest absolute Gasteiger partial charge is 0.421 e. The van der Waals surface area contributed by atoms with Crippen molar-refractivity contribution in [1.82, 2.24) is 4.57 Å². The van der Waals surface area contributed by atoms with Crippen molar-refractivity contribution in [1.29, 1.82) is 0 Å². The Morgan fingerprint density at radius 1 is 0.943 bits per heavy atom. The first kappa shape index (κ1) is 26.8. The van der Waals surface area contributed by atoms with Gasteiger partial charge in [0.25, 0.3) is 0 Å². The van der Waals surface area contributed by atoms with Gasteiger partial charge < -0.3 is 9.47 Å². The van der Waals surface area contributed by atoms with Gasteiger partial charge in [0, 0.05) is 15.4 Å². The Hall–Kier alpha value is -2.84.